The number of aliphatic hydroxyl groups is 1. The van der Waals surface area contributed by atoms with Crippen molar-refractivity contribution < 1.29 is 9.90 Å². The Bertz CT molecular complexity index is 445. The molecule has 0 fully saturated rings. The maximum absolute atomic E-state index is 11.6. The van der Waals surface area contributed by atoms with Crippen molar-refractivity contribution >= 4 is 17.7 Å². The zero-order valence-corrected chi connectivity index (χ0v) is 11.5. The third-order valence-corrected chi connectivity index (χ3v) is 2.91. The zero-order valence-electron chi connectivity index (χ0n) is 10.6. The first-order valence-electron chi connectivity index (χ1n) is 5.59. The summed E-state index contributed by atoms with van der Waals surface area (Å²) in [7, 11) is 1.80. The summed E-state index contributed by atoms with van der Waals surface area (Å²) >= 11 is 1.53. The number of thioether (sulfide) groups is 1. The Balaban J connectivity index is 2.60. The second kappa shape index (κ2) is 7.80. The Kier molecular flexibility index (Phi) is 6.34. The number of hydrogen-bond acceptors (Lipinski definition) is 3. The minimum absolute atomic E-state index is 0.131. The van der Waals surface area contributed by atoms with Gasteiger partial charge >= 0.3 is 0 Å². The lowest BCUT2D eigenvalue weighted by Crippen LogP contribution is -2.27. The average Bonchev–Trinajstić information content (AvgIpc) is 2.38. The van der Waals surface area contributed by atoms with Crippen LogP contribution in [-0.2, 0) is 11.3 Å². The topological polar surface area (TPSA) is 40.5 Å². The van der Waals surface area contributed by atoms with E-state index in [1.54, 1.807) is 11.9 Å². The Hall–Kier alpha value is -1.44. The van der Waals surface area contributed by atoms with E-state index < -0.39 is 0 Å². The monoisotopic (exact) mass is 263 g/mol. The van der Waals surface area contributed by atoms with Crippen LogP contribution in [0.5, 0.6) is 0 Å². The van der Waals surface area contributed by atoms with Gasteiger partial charge in [0.1, 0.15) is 6.61 Å². The van der Waals surface area contributed by atoms with E-state index in [9.17, 15) is 4.79 Å². The fourth-order valence-corrected chi connectivity index (χ4v) is 1.90. The molecule has 0 bridgehead atoms. The van der Waals surface area contributed by atoms with Crippen molar-refractivity contribution in [1.29, 1.82) is 0 Å². The number of nitrogens with zero attached hydrogens (tertiary/aromatic N) is 1. The van der Waals surface area contributed by atoms with Gasteiger partial charge in [-0.2, -0.15) is 11.8 Å². The molecule has 18 heavy (non-hydrogen) atoms. The number of carbonyl (C=O) groups excluding carboxylic acids is 1. The highest BCUT2D eigenvalue weighted by molar-refractivity contribution is 7.99. The average molecular weight is 263 g/mol. The van der Waals surface area contributed by atoms with Crippen molar-refractivity contribution in [3.8, 4) is 11.8 Å². The van der Waals surface area contributed by atoms with Gasteiger partial charge in [-0.3, -0.25) is 4.79 Å². The Morgan fingerprint density at radius 3 is 2.61 bits per heavy atom. The summed E-state index contributed by atoms with van der Waals surface area (Å²) < 4.78 is 0. The van der Waals surface area contributed by atoms with E-state index in [1.807, 2.05) is 30.5 Å². The predicted molar refractivity (Wildman–Crippen MR) is 75.3 cm³/mol. The van der Waals surface area contributed by atoms with Gasteiger partial charge in [-0.25, -0.2) is 0 Å². The fourth-order valence-electron chi connectivity index (χ4n) is 1.43. The van der Waals surface area contributed by atoms with Crippen molar-refractivity contribution in [3.05, 3.63) is 35.4 Å². The molecule has 1 aromatic carbocycles. The van der Waals surface area contributed by atoms with Crippen molar-refractivity contribution in [3.63, 3.8) is 0 Å². The maximum atomic E-state index is 11.6. The zero-order chi connectivity index (χ0) is 13.4. The first-order valence-corrected chi connectivity index (χ1v) is 6.98. The third kappa shape index (κ3) is 4.82. The molecule has 1 rings (SSSR count). The van der Waals surface area contributed by atoms with Gasteiger partial charge in [0.05, 0.1) is 5.75 Å². The molecule has 96 valence electrons. The molecule has 0 aliphatic heterocycles. The number of hydrogen-bond donors (Lipinski definition) is 1. The number of aliphatic hydroxyl groups excluding tert-OH is 1. The minimum Gasteiger partial charge on any atom is -0.384 e. The molecule has 1 amide bonds. The van der Waals surface area contributed by atoms with Gasteiger partial charge in [0.15, 0.2) is 0 Å². The quantitative estimate of drug-likeness (QED) is 0.834. The lowest BCUT2D eigenvalue weighted by Gasteiger charge is -2.16. The normalized spacial score (nSPS) is 9.50. The molecule has 1 aromatic rings. The first-order chi connectivity index (χ1) is 8.67. The summed E-state index contributed by atoms with van der Waals surface area (Å²) in [5.41, 5.74) is 1.94. The molecule has 0 saturated carbocycles. The molecular formula is C14H17NO2S. The second-order valence-electron chi connectivity index (χ2n) is 3.84. The van der Waals surface area contributed by atoms with Gasteiger partial charge in [-0.1, -0.05) is 24.0 Å². The maximum Gasteiger partial charge on any atom is 0.232 e. The van der Waals surface area contributed by atoms with Crippen LogP contribution in [-0.4, -0.2) is 41.6 Å². The Labute approximate surface area is 112 Å². The van der Waals surface area contributed by atoms with Crippen LogP contribution < -0.4 is 0 Å². The van der Waals surface area contributed by atoms with Crippen LogP contribution in [0.1, 0.15) is 11.1 Å². The highest BCUT2D eigenvalue weighted by atomic mass is 32.2. The van der Waals surface area contributed by atoms with Crippen LogP contribution in [0, 0.1) is 11.8 Å². The molecule has 1 N–H and O–H groups in total. The van der Waals surface area contributed by atoms with E-state index in [1.165, 1.54) is 11.8 Å². The van der Waals surface area contributed by atoms with E-state index in [2.05, 4.69) is 11.8 Å². The number of carbonyl (C=O) groups is 1. The molecule has 0 aliphatic carbocycles. The number of rotatable bonds is 4. The second-order valence-corrected chi connectivity index (χ2v) is 4.71. The van der Waals surface area contributed by atoms with Crippen LogP contribution in [0.3, 0.4) is 0 Å². The highest BCUT2D eigenvalue weighted by Crippen LogP contribution is 2.07. The minimum atomic E-state index is -0.131. The van der Waals surface area contributed by atoms with Gasteiger partial charge in [0, 0.05) is 19.2 Å². The summed E-state index contributed by atoms with van der Waals surface area (Å²) in [6.45, 7) is 0.473. The van der Waals surface area contributed by atoms with Crippen LogP contribution in [0.2, 0.25) is 0 Å². The lowest BCUT2D eigenvalue weighted by molar-refractivity contribution is -0.127. The van der Waals surface area contributed by atoms with Gasteiger partial charge < -0.3 is 10.0 Å². The van der Waals surface area contributed by atoms with Gasteiger partial charge in [0.25, 0.3) is 0 Å². The Morgan fingerprint density at radius 1 is 1.39 bits per heavy atom. The molecule has 0 aliphatic rings. The first kappa shape index (κ1) is 14.6. The molecule has 0 heterocycles. The molecule has 4 heteroatoms. The van der Waals surface area contributed by atoms with Gasteiger partial charge in [-0.15, -0.1) is 0 Å². The van der Waals surface area contributed by atoms with Crippen LogP contribution in [0.25, 0.3) is 0 Å². The van der Waals surface area contributed by atoms with Crippen LogP contribution in [0.15, 0.2) is 24.3 Å². The van der Waals surface area contributed by atoms with Crippen LogP contribution in [0.4, 0.5) is 0 Å². The molecule has 0 spiro atoms. The molecular weight excluding hydrogens is 246 g/mol. The summed E-state index contributed by atoms with van der Waals surface area (Å²) in [4.78, 5) is 13.3. The predicted octanol–water partition coefficient (Wildman–Crippen LogP) is 1.35. The van der Waals surface area contributed by atoms with E-state index in [4.69, 9.17) is 5.11 Å². The number of benzene rings is 1. The number of amides is 1. The summed E-state index contributed by atoms with van der Waals surface area (Å²) in [6, 6.07) is 7.68. The van der Waals surface area contributed by atoms with E-state index in [-0.39, 0.29) is 12.5 Å². The van der Waals surface area contributed by atoms with E-state index >= 15 is 0 Å². The van der Waals surface area contributed by atoms with Crippen molar-refractivity contribution in [2.45, 2.75) is 6.54 Å². The SMILES string of the molecule is CSCC(=O)N(C)Cc1ccc(C#CCO)cc1. The van der Waals surface area contributed by atoms with Crippen LogP contribution >= 0.6 is 11.8 Å². The highest BCUT2D eigenvalue weighted by Gasteiger charge is 2.07. The molecule has 0 saturated heterocycles. The molecule has 3 nitrogen and oxygen atoms in total. The smallest absolute Gasteiger partial charge is 0.232 e. The van der Waals surface area contributed by atoms with Gasteiger partial charge in [-0.05, 0) is 24.0 Å². The van der Waals surface area contributed by atoms with Gasteiger partial charge in [0.2, 0.25) is 5.91 Å². The summed E-state index contributed by atoms with van der Waals surface area (Å²) in [5, 5.41) is 8.59. The molecule has 0 radical (unpaired) electrons. The molecule has 0 aromatic heterocycles. The molecule has 0 unspecified atom stereocenters. The van der Waals surface area contributed by atoms with Crippen molar-refractivity contribution in [1.82, 2.24) is 4.90 Å². The van der Waals surface area contributed by atoms with Crippen molar-refractivity contribution in [2.75, 3.05) is 25.7 Å². The van der Waals surface area contributed by atoms with E-state index in [0.29, 0.717) is 12.3 Å². The lowest BCUT2D eigenvalue weighted by atomic mass is 10.1. The summed E-state index contributed by atoms with van der Waals surface area (Å²) in [6.07, 6.45) is 1.92. The third-order valence-electron chi connectivity index (χ3n) is 2.38. The van der Waals surface area contributed by atoms with Crippen molar-refractivity contribution in [2.24, 2.45) is 0 Å². The molecule has 0 atom stereocenters. The standard InChI is InChI=1S/C14H17NO2S/c1-15(14(17)11-18-2)10-13-7-5-12(6-8-13)4-3-9-16/h5-8,16H,9-11H2,1-2H3. The largest absolute Gasteiger partial charge is 0.384 e. The fraction of sp³-hybridized carbons (Fsp3) is 0.357. The van der Waals surface area contributed by atoms with E-state index in [0.717, 1.165) is 11.1 Å². The Morgan fingerprint density at radius 2 is 2.06 bits per heavy atom. The summed E-state index contributed by atoms with van der Waals surface area (Å²) in [5.74, 6) is 6.07.